The van der Waals surface area contributed by atoms with Gasteiger partial charge in [0.05, 0.1) is 24.4 Å². The number of aliphatic hydroxyl groups is 1. The zero-order valence-corrected chi connectivity index (χ0v) is 26.3. The van der Waals surface area contributed by atoms with Gasteiger partial charge in [0.15, 0.2) is 6.29 Å². The summed E-state index contributed by atoms with van der Waals surface area (Å²) in [5.74, 6) is -0.279. The fourth-order valence-corrected chi connectivity index (χ4v) is 6.30. The van der Waals surface area contributed by atoms with Crippen LogP contribution in [-0.4, -0.2) is 40.7 Å². The Morgan fingerprint density at radius 1 is 0.913 bits per heavy atom. The van der Waals surface area contributed by atoms with Crippen molar-refractivity contribution in [2.75, 3.05) is 12.4 Å². The number of benzene rings is 4. The molecule has 3 N–H and O–H groups in total. The maximum atomic E-state index is 11.8. The normalized spacial score (nSPS) is 19.3. The number of alkyl carbamates (subject to hydrolysis) is 1. The molecule has 1 aliphatic heterocycles. The van der Waals surface area contributed by atoms with Crippen molar-refractivity contribution in [3.8, 4) is 11.1 Å². The van der Waals surface area contributed by atoms with Crippen molar-refractivity contribution in [2.45, 2.75) is 43.5 Å². The topological polar surface area (TPSA) is 114 Å². The molecular weight excluding hydrogens is 602 g/mol. The standard InChI is InChI=1S/C37H37NO7S/c1-3-19-43-37(42)38-21-26-5-4-6-31(20-26)27-11-13-30(14-12-27)36-44-33(23-46-32-17-15-29(16-18-32)35(40)41)24(2)34(45-36)28-9-7-25(22-39)8-10-28/h3-18,20,24,33-34,36,39H,1,19,21-23H2,2H3,(H,38,42)(H,40,41). The minimum atomic E-state index is -0.951. The molecule has 0 saturated carbocycles. The highest BCUT2D eigenvalue weighted by molar-refractivity contribution is 7.99. The average molecular weight is 640 g/mol. The highest BCUT2D eigenvalue weighted by atomic mass is 32.2. The number of carboxylic acid groups (broad SMARTS) is 1. The summed E-state index contributed by atoms with van der Waals surface area (Å²) in [5, 5.41) is 21.5. The number of carbonyl (C=O) groups excluding carboxylic acids is 1. The van der Waals surface area contributed by atoms with Crippen molar-refractivity contribution in [3.05, 3.63) is 138 Å². The molecule has 0 spiro atoms. The number of nitrogens with one attached hydrogen (secondary N) is 1. The third kappa shape index (κ3) is 8.44. The van der Waals surface area contributed by atoms with Gasteiger partial charge in [0, 0.05) is 28.7 Å². The molecule has 0 aliphatic carbocycles. The van der Waals surface area contributed by atoms with E-state index < -0.39 is 18.4 Å². The predicted molar refractivity (Wildman–Crippen MR) is 177 cm³/mol. The molecule has 0 aromatic heterocycles. The largest absolute Gasteiger partial charge is 0.478 e. The number of hydrogen-bond acceptors (Lipinski definition) is 7. The molecular formula is C37H37NO7S. The fraction of sp³-hybridized carbons (Fsp3) is 0.243. The number of hydrogen-bond donors (Lipinski definition) is 3. The van der Waals surface area contributed by atoms with Crippen LogP contribution in [-0.2, 0) is 27.4 Å². The van der Waals surface area contributed by atoms with E-state index in [2.05, 4.69) is 18.8 Å². The molecule has 4 aromatic rings. The Hall–Kier alpha value is -4.41. The molecule has 5 rings (SSSR count). The van der Waals surface area contributed by atoms with Gasteiger partial charge in [-0.2, -0.15) is 0 Å². The molecule has 0 bridgehead atoms. The molecule has 46 heavy (non-hydrogen) atoms. The van der Waals surface area contributed by atoms with E-state index in [9.17, 15) is 19.8 Å². The second-order valence-corrected chi connectivity index (χ2v) is 12.1. The van der Waals surface area contributed by atoms with Crippen LogP contribution < -0.4 is 5.32 Å². The first-order valence-electron chi connectivity index (χ1n) is 15.0. The quantitative estimate of drug-likeness (QED) is 0.108. The molecule has 4 unspecified atom stereocenters. The number of rotatable bonds is 12. The molecule has 1 heterocycles. The van der Waals surface area contributed by atoms with E-state index >= 15 is 0 Å². The van der Waals surface area contributed by atoms with Crippen LogP contribution in [0.15, 0.2) is 115 Å². The van der Waals surface area contributed by atoms with Crippen molar-refractivity contribution in [3.63, 3.8) is 0 Å². The van der Waals surface area contributed by atoms with Gasteiger partial charge in [0.25, 0.3) is 0 Å². The third-order valence-corrected chi connectivity index (χ3v) is 8.95. The number of aliphatic hydroxyl groups excluding tert-OH is 1. The summed E-state index contributed by atoms with van der Waals surface area (Å²) in [7, 11) is 0. The Morgan fingerprint density at radius 2 is 1.63 bits per heavy atom. The van der Waals surface area contributed by atoms with Crippen LogP contribution in [0.3, 0.4) is 0 Å². The first kappa shape index (κ1) is 33.0. The summed E-state index contributed by atoms with van der Waals surface area (Å²) in [5.41, 5.74) is 5.94. The lowest BCUT2D eigenvalue weighted by atomic mass is 9.91. The number of amides is 1. The van der Waals surface area contributed by atoms with Crippen molar-refractivity contribution in [2.24, 2.45) is 5.92 Å². The molecule has 0 radical (unpaired) electrons. The first-order valence-corrected chi connectivity index (χ1v) is 16.0. The zero-order chi connectivity index (χ0) is 32.5. The SMILES string of the molecule is C=CCOC(=O)NCc1cccc(-c2ccc(C3OC(CSc4ccc(C(=O)O)cc4)C(C)C(c4ccc(CO)cc4)O3)cc2)c1. The lowest BCUT2D eigenvalue weighted by Gasteiger charge is -2.41. The molecule has 8 nitrogen and oxygen atoms in total. The lowest BCUT2D eigenvalue weighted by molar-refractivity contribution is -0.268. The molecule has 9 heteroatoms. The lowest BCUT2D eigenvalue weighted by Crippen LogP contribution is -2.38. The van der Waals surface area contributed by atoms with Gasteiger partial charge < -0.3 is 29.7 Å². The Bertz CT molecular complexity index is 1620. The molecule has 238 valence electrons. The van der Waals surface area contributed by atoms with Crippen LogP contribution >= 0.6 is 11.8 Å². The summed E-state index contributed by atoms with van der Waals surface area (Å²) in [6.45, 7) is 6.13. The van der Waals surface area contributed by atoms with Gasteiger partial charge in [-0.3, -0.25) is 0 Å². The van der Waals surface area contributed by atoms with E-state index in [-0.39, 0.29) is 36.9 Å². The molecule has 1 fully saturated rings. The summed E-state index contributed by atoms with van der Waals surface area (Å²) in [6, 6.07) is 30.7. The highest BCUT2D eigenvalue weighted by Gasteiger charge is 2.38. The number of carbonyl (C=O) groups is 2. The second kappa shape index (κ2) is 15.7. The van der Waals surface area contributed by atoms with Gasteiger partial charge >= 0.3 is 12.1 Å². The first-order chi connectivity index (χ1) is 22.3. The van der Waals surface area contributed by atoms with Crippen LogP contribution in [0.2, 0.25) is 0 Å². The van der Waals surface area contributed by atoms with E-state index in [1.165, 1.54) is 6.08 Å². The zero-order valence-electron chi connectivity index (χ0n) is 25.5. The number of thioether (sulfide) groups is 1. The predicted octanol–water partition coefficient (Wildman–Crippen LogP) is 7.54. The maximum Gasteiger partial charge on any atom is 0.407 e. The van der Waals surface area contributed by atoms with E-state index in [1.807, 2.05) is 84.9 Å². The van der Waals surface area contributed by atoms with E-state index in [0.717, 1.165) is 38.3 Å². The summed E-state index contributed by atoms with van der Waals surface area (Å²) < 4.78 is 18.2. The Morgan fingerprint density at radius 3 is 2.30 bits per heavy atom. The summed E-state index contributed by atoms with van der Waals surface area (Å²) in [6.07, 6.45) is 0.0185. The number of carboxylic acids is 1. The Kier molecular flexibility index (Phi) is 11.3. The summed E-state index contributed by atoms with van der Waals surface area (Å²) in [4.78, 5) is 24.0. The van der Waals surface area contributed by atoms with E-state index in [0.29, 0.717) is 12.3 Å². The Balaban J connectivity index is 1.32. The fourth-order valence-electron chi connectivity index (χ4n) is 5.24. The molecule has 1 amide bonds. The molecule has 1 aliphatic rings. The molecule has 4 atom stereocenters. The van der Waals surface area contributed by atoms with Gasteiger partial charge in [-0.15, -0.1) is 11.8 Å². The van der Waals surface area contributed by atoms with Crippen molar-refractivity contribution < 1.29 is 34.0 Å². The van der Waals surface area contributed by atoms with Crippen LogP contribution in [0.25, 0.3) is 11.1 Å². The molecule has 1 saturated heterocycles. The number of ether oxygens (including phenoxy) is 3. The Labute approximate surface area is 273 Å². The van der Waals surface area contributed by atoms with Gasteiger partial charge in [-0.1, -0.05) is 86.3 Å². The van der Waals surface area contributed by atoms with E-state index in [1.54, 1.807) is 23.9 Å². The van der Waals surface area contributed by atoms with Crippen molar-refractivity contribution >= 4 is 23.8 Å². The minimum Gasteiger partial charge on any atom is -0.478 e. The smallest absolute Gasteiger partial charge is 0.407 e. The third-order valence-electron chi connectivity index (χ3n) is 7.85. The monoisotopic (exact) mass is 639 g/mol. The van der Waals surface area contributed by atoms with Gasteiger partial charge in [0.1, 0.15) is 6.61 Å². The van der Waals surface area contributed by atoms with Crippen LogP contribution in [0.5, 0.6) is 0 Å². The van der Waals surface area contributed by atoms with Crippen LogP contribution in [0, 0.1) is 5.92 Å². The van der Waals surface area contributed by atoms with Crippen molar-refractivity contribution in [1.29, 1.82) is 0 Å². The van der Waals surface area contributed by atoms with Gasteiger partial charge in [0.2, 0.25) is 0 Å². The maximum absolute atomic E-state index is 11.8. The van der Waals surface area contributed by atoms with E-state index in [4.69, 9.17) is 14.2 Å². The average Bonchev–Trinajstić information content (AvgIpc) is 3.10. The van der Waals surface area contributed by atoms with Gasteiger partial charge in [-0.05, 0) is 58.1 Å². The van der Waals surface area contributed by atoms with Crippen LogP contribution in [0.4, 0.5) is 4.79 Å². The highest BCUT2D eigenvalue weighted by Crippen LogP contribution is 2.43. The van der Waals surface area contributed by atoms with Crippen molar-refractivity contribution in [1.82, 2.24) is 5.32 Å². The second-order valence-electron chi connectivity index (χ2n) is 11.0. The van der Waals surface area contributed by atoms with Gasteiger partial charge in [-0.25, -0.2) is 9.59 Å². The van der Waals surface area contributed by atoms with Crippen LogP contribution in [0.1, 0.15) is 51.9 Å². The number of aromatic carboxylic acids is 1. The minimum absolute atomic E-state index is 0.0201. The summed E-state index contributed by atoms with van der Waals surface area (Å²) >= 11 is 1.62. The molecule has 4 aromatic carbocycles.